The average molecular weight is 315 g/mol. The van der Waals surface area contributed by atoms with E-state index in [9.17, 15) is 0 Å². The van der Waals surface area contributed by atoms with Crippen LogP contribution in [0.2, 0.25) is 0 Å². The van der Waals surface area contributed by atoms with Gasteiger partial charge in [-0.2, -0.15) is 0 Å². The first-order chi connectivity index (χ1) is 11.3. The summed E-state index contributed by atoms with van der Waals surface area (Å²) in [5.41, 5.74) is 8.61. The fraction of sp³-hybridized carbons (Fsp3) is 0.667. The standard InChI is InChI=1S/C18H29N5/c19-16-17(20-11-10-15-8-4-3-5-9-15)21-14-22-18(16)23-12-6-1-2-7-13-23/h8,14H,1-7,9-13,19H2,(H,20,21,22). The van der Waals surface area contributed by atoms with Gasteiger partial charge in [-0.3, -0.25) is 0 Å². The lowest BCUT2D eigenvalue weighted by Crippen LogP contribution is -2.26. The number of hydrogen-bond acceptors (Lipinski definition) is 5. The van der Waals surface area contributed by atoms with E-state index in [1.165, 1.54) is 51.4 Å². The fourth-order valence-corrected chi connectivity index (χ4v) is 3.53. The molecule has 0 amide bonds. The zero-order valence-corrected chi connectivity index (χ0v) is 14.1. The van der Waals surface area contributed by atoms with Crippen LogP contribution in [-0.4, -0.2) is 29.6 Å². The van der Waals surface area contributed by atoms with E-state index in [1.54, 1.807) is 11.9 Å². The minimum atomic E-state index is 0.701. The molecule has 3 rings (SSSR count). The summed E-state index contributed by atoms with van der Waals surface area (Å²) in [6.07, 6.45) is 15.3. The van der Waals surface area contributed by atoms with Crippen molar-refractivity contribution in [3.05, 3.63) is 18.0 Å². The molecule has 0 spiro atoms. The maximum absolute atomic E-state index is 6.34. The average Bonchev–Trinajstić information content (AvgIpc) is 2.87. The van der Waals surface area contributed by atoms with Gasteiger partial charge < -0.3 is 16.0 Å². The van der Waals surface area contributed by atoms with Crippen LogP contribution in [0.4, 0.5) is 17.3 Å². The number of nitrogen functional groups attached to an aromatic ring is 1. The summed E-state index contributed by atoms with van der Waals surface area (Å²) < 4.78 is 0. The van der Waals surface area contributed by atoms with Gasteiger partial charge in [-0.25, -0.2) is 9.97 Å². The lowest BCUT2D eigenvalue weighted by Gasteiger charge is -2.23. The first-order valence-corrected chi connectivity index (χ1v) is 9.12. The van der Waals surface area contributed by atoms with Crippen LogP contribution in [0.1, 0.15) is 57.8 Å². The van der Waals surface area contributed by atoms with Crippen molar-refractivity contribution in [2.75, 3.05) is 35.6 Å². The van der Waals surface area contributed by atoms with Crippen LogP contribution in [-0.2, 0) is 0 Å². The molecule has 1 fully saturated rings. The number of nitrogens with one attached hydrogen (secondary N) is 1. The highest BCUT2D eigenvalue weighted by Crippen LogP contribution is 2.28. The van der Waals surface area contributed by atoms with Crippen LogP contribution < -0.4 is 16.0 Å². The number of aromatic nitrogens is 2. The minimum absolute atomic E-state index is 0.701. The maximum atomic E-state index is 6.34. The number of nitrogens with zero attached hydrogens (tertiary/aromatic N) is 3. The number of nitrogens with two attached hydrogens (primary N) is 1. The Kier molecular flexibility index (Phi) is 5.72. The van der Waals surface area contributed by atoms with E-state index in [0.717, 1.165) is 37.7 Å². The van der Waals surface area contributed by atoms with Gasteiger partial charge in [0.15, 0.2) is 11.6 Å². The van der Waals surface area contributed by atoms with Crippen molar-refractivity contribution in [3.8, 4) is 0 Å². The van der Waals surface area contributed by atoms with E-state index >= 15 is 0 Å². The summed E-state index contributed by atoms with van der Waals surface area (Å²) in [4.78, 5) is 11.1. The summed E-state index contributed by atoms with van der Waals surface area (Å²) in [6.45, 7) is 2.99. The molecule has 0 saturated carbocycles. The normalized spacial score (nSPS) is 19.1. The van der Waals surface area contributed by atoms with Crippen molar-refractivity contribution in [2.24, 2.45) is 0 Å². The molecular weight excluding hydrogens is 286 g/mol. The van der Waals surface area contributed by atoms with Crippen LogP contribution in [0.15, 0.2) is 18.0 Å². The molecule has 5 heteroatoms. The minimum Gasteiger partial charge on any atom is -0.393 e. The SMILES string of the molecule is Nc1c(NCCC2=CCCCC2)ncnc1N1CCCCCC1. The van der Waals surface area contributed by atoms with Crippen LogP contribution in [0, 0.1) is 0 Å². The smallest absolute Gasteiger partial charge is 0.157 e. The third-order valence-corrected chi connectivity index (χ3v) is 4.89. The highest BCUT2D eigenvalue weighted by atomic mass is 15.2. The van der Waals surface area contributed by atoms with E-state index < -0.39 is 0 Å². The Hall–Kier alpha value is -1.78. The Morgan fingerprint density at radius 2 is 1.87 bits per heavy atom. The predicted molar refractivity (Wildman–Crippen MR) is 96.8 cm³/mol. The van der Waals surface area contributed by atoms with E-state index in [-0.39, 0.29) is 0 Å². The molecule has 5 nitrogen and oxygen atoms in total. The first kappa shape index (κ1) is 16.1. The van der Waals surface area contributed by atoms with Crippen LogP contribution in [0.5, 0.6) is 0 Å². The molecule has 0 aromatic carbocycles. The zero-order valence-electron chi connectivity index (χ0n) is 14.1. The number of rotatable bonds is 5. The summed E-state index contributed by atoms with van der Waals surface area (Å²) in [7, 11) is 0. The predicted octanol–water partition coefficient (Wildman–Crippen LogP) is 3.74. The van der Waals surface area contributed by atoms with Crippen molar-refractivity contribution in [1.29, 1.82) is 0 Å². The number of hydrogen-bond donors (Lipinski definition) is 2. The zero-order chi connectivity index (χ0) is 15.9. The Morgan fingerprint density at radius 1 is 1.04 bits per heavy atom. The van der Waals surface area contributed by atoms with E-state index in [2.05, 4.69) is 26.3 Å². The second kappa shape index (κ2) is 8.18. The molecule has 1 aromatic rings. The van der Waals surface area contributed by atoms with Gasteiger partial charge in [0.05, 0.1) is 0 Å². The van der Waals surface area contributed by atoms with Gasteiger partial charge in [0.1, 0.15) is 12.0 Å². The Morgan fingerprint density at radius 3 is 2.61 bits per heavy atom. The third kappa shape index (κ3) is 4.36. The number of anilines is 3. The van der Waals surface area contributed by atoms with Crippen molar-refractivity contribution in [3.63, 3.8) is 0 Å². The first-order valence-electron chi connectivity index (χ1n) is 9.12. The maximum Gasteiger partial charge on any atom is 0.157 e. The molecule has 0 atom stereocenters. The van der Waals surface area contributed by atoms with E-state index in [0.29, 0.717) is 5.69 Å². The molecule has 2 aliphatic rings. The molecule has 23 heavy (non-hydrogen) atoms. The topological polar surface area (TPSA) is 67.1 Å². The molecule has 1 saturated heterocycles. The highest BCUT2D eigenvalue weighted by Gasteiger charge is 2.16. The highest BCUT2D eigenvalue weighted by molar-refractivity contribution is 5.74. The Labute approximate surface area is 139 Å². The second-order valence-corrected chi connectivity index (χ2v) is 6.65. The van der Waals surface area contributed by atoms with Gasteiger partial charge in [0.25, 0.3) is 0 Å². The van der Waals surface area contributed by atoms with Crippen LogP contribution in [0.3, 0.4) is 0 Å². The summed E-state index contributed by atoms with van der Waals surface area (Å²) in [6, 6.07) is 0. The lowest BCUT2D eigenvalue weighted by molar-refractivity contribution is 0.679. The molecule has 3 N–H and O–H groups in total. The van der Waals surface area contributed by atoms with Crippen molar-refractivity contribution in [2.45, 2.75) is 57.8 Å². The van der Waals surface area contributed by atoms with Gasteiger partial charge in [-0.1, -0.05) is 24.5 Å². The molecule has 1 aliphatic carbocycles. The summed E-state index contributed by atoms with van der Waals surface area (Å²) in [5.74, 6) is 1.69. The van der Waals surface area contributed by atoms with Gasteiger partial charge in [0, 0.05) is 19.6 Å². The largest absolute Gasteiger partial charge is 0.393 e. The van der Waals surface area contributed by atoms with Gasteiger partial charge in [0.2, 0.25) is 0 Å². The van der Waals surface area contributed by atoms with E-state index in [1.807, 2.05) is 0 Å². The quantitative estimate of drug-likeness (QED) is 0.810. The molecule has 0 unspecified atom stereocenters. The molecule has 0 radical (unpaired) electrons. The summed E-state index contributed by atoms with van der Waals surface area (Å²) in [5, 5.41) is 3.41. The summed E-state index contributed by atoms with van der Waals surface area (Å²) >= 11 is 0. The fourth-order valence-electron chi connectivity index (χ4n) is 3.53. The van der Waals surface area contributed by atoms with Gasteiger partial charge in [-0.15, -0.1) is 0 Å². The molecule has 2 heterocycles. The Bertz CT molecular complexity index is 532. The van der Waals surface area contributed by atoms with Crippen molar-refractivity contribution < 1.29 is 0 Å². The third-order valence-electron chi connectivity index (χ3n) is 4.89. The molecule has 1 aliphatic heterocycles. The van der Waals surface area contributed by atoms with Crippen molar-refractivity contribution in [1.82, 2.24) is 9.97 Å². The van der Waals surface area contributed by atoms with Crippen LogP contribution in [0.25, 0.3) is 0 Å². The molecule has 126 valence electrons. The molecule has 1 aromatic heterocycles. The number of allylic oxidation sites excluding steroid dienone is 1. The van der Waals surface area contributed by atoms with Crippen molar-refractivity contribution >= 4 is 17.3 Å². The van der Waals surface area contributed by atoms with Crippen LogP contribution >= 0.6 is 0 Å². The second-order valence-electron chi connectivity index (χ2n) is 6.65. The molecule has 0 bridgehead atoms. The van der Waals surface area contributed by atoms with Gasteiger partial charge >= 0.3 is 0 Å². The Balaban J connectivity index is 1.61. The lowest BCUT2D eigenvalue weighted by atomic mass is 9.97. The van der Waals surface area contributed by atoms with E-state index in [4.69, 9.17) is 5.73 Å². The van der Waals surface area contributed by atoms with Gasteiger partial charge in [-0.05, 0) is 44.9 Å². The monoisotopic (exact) mass is 315 g/mol. The molecular formula is C18H29N5.